The van der Waals surface area contributed by atoms with E-state index in [9.17, 15) is 4.79 Å². The molecule has 16 heavy (non-hydrogen) atoms. The lowest BCUT2D eigenvalue weighted by molar-refractivity contribution is 0.0807. The first-order valence-electron chi connectivity index (χ1n) is 5.13. The Kier molecular flexibility index (Phi) is 5.03. The largest absolute Gasteiger partial charge is 0.395 e. The van der Waals surface area contributed by atoms with Gasteiger partial charge >= 0.3 is 0 Å². The van der Waals surface area contributed by atoms with Crippen LogP contribution in [0.25, 0.3) is 0 Å². The Morgan fingerprint density at radius 1 is 1.62 bits per heavy atom. The number of rotatable bonds is 3. The number of hydrogen-bond acceptors (Lipinski definition) is 3. The van der Waals surface area contributed by atoms with Gasteiger partial charge in [-0.3, -0.25) is 4.79 Å². The minimum Gasteiger partial charge on any atom is -0.395 e. The summed E-state index contributed by atoms with van der Waals surface area (Å²) in [5, 5.41) is 10.5. The van der Waals surface area contributed by atoms with E-state index in [2.05, 4.69) is 11.8 Å². The molecule has 3 nitrogen and oxygen atoms in total. The van der Waals surface area contributed by atoms with Crippen LogP contribution >= 0.6 is 11.3 Å². The summed E-state index contributed by atoms with van der Waals surface area (Å²) in [4.78, 5) is 14.2. The van der Waals surface area contributed by atoms with Crippen LogP contribution in [0.4, 0.5) is 0 Å². The quantitative estimate of drug-likeness (QED) is 0.811. The maximum Gasteiger partial charge on any atom is 0.264 e. The summed E-state index contributed by atoms with van der Waals surface area (Å²) in [7, 11) is 1.77. The van der Waals surface area contributed by atoms with Gasteiger partial charge < -0.3 is 10.0 Å². The summed E-state index contributed by atoms with van der Waals surface area (Å²) in [5.41, 5.74) is 0.753. The van der Waals surface area contributed by atoms with Crippen molar-refractivity contribution in [3.63, 3.8) is 0 Å². The number of aliphatic hydroxyl groups is 1. The van der Waals surface area contributed by atoms with Gasteiger partial charge in [-0.05, 0) is 18.4 Å². The molecule has 0 saturated carbocycles. The van der Waals surface area contributed by atoms with Gasteiger partial charge in [0.05, 0.1) is 6.61 Å². The molecule has 0 spiro atoms. The fourth-order valence-electron chi connectivity index (χ4n) is 1.10. The molecule has 0 saturated heterocycles. The second-order valence-electron chi connectivity index (χ2n) is 3.26. The van der Waals surface area contributed by atoms with Gasteiger partial charge in [-0.15, -0.1) is 11.3 Å². The first-order chi connectivity index (χ1) is 7.70. The van der Waals surface area contributed by atoms with Gasteiger partial charge in [-0.2, -0.15) is 0 Å². The van der Waals surface area contributed by atoms with Crippen LogP contribution in [0.3, 0.4) is 0 Å². The maximum atomic E-state index is 11.9. The van der Waals surface area contributed by atoms with Crippen molar-refractivity contribution in [3.05, 3.63) is 21.9 Å². The molecule has 1 N–H and O–H groups in total. The SMILES string of the molecule is CCN(C)C(=O)c1sccc1C#CCCO. The van der Waals surface area contributed by atoms with E-state index >= 15 is 0 Å². The second-order valence-corrected chi connectivity index (χ2v) is 4.17. The topological polar surface area (TPSA) is 40.5 Å². The maximum absolute atomic E-state index is 11.9. The molecule has 1 aromatic rings. The molecule has 0 atom stereocenters. The Hall–Kier alpha value is -1.31. The number of thiophene rings is 1. The van der Waals surface area contributed by atoms with E-state index in [4.69, 9.17) is 5.11 Å². The van der Waals surface area contributed by atoms with Gasteiger partial charge in [-0.25, -0.2) is 0 Å². The average Bonchev–Trinajstić information content (AvgIpc) is 2.75. The van der Waals surface area contributed by atoms with Gasteiger partial charge in [0.1, 0.15) is 4.88 Å². The molecule has 4 heteroatoms. The minimum absolute atomic E-state index is 0.00537. The van der Waals surface area contributed by atoms with Gasteiger partial charge in [0.15, 0.2) is 0 Å². The predicted octanol–water partition coefficient (Wildman–Crippen LogP) is 1.57. The van der Waals surface area contributed by atoms with Crippen LogP contribution in [-0.2, 0) is 0 Å². The number of hydrogen-bond donors (Lipinski definition) is 1. The number of carbonyl (C=O) groups is 1. The van der Waals surface area contributed by atoms with Crippen molar-refractivity contribution in [3.8, 4) is 11.8 Å². The van der Waals surface area contributed by atoms with Crippen molar-refractivity contribution < 1.29 is 9.90 Å². The van der Waals surface area contributed by atoms with E-state index in [1.165, 1.54) is 11.3 Å². The third kappa shape index (κ3) is 3.09. The molecule has 0 aliphatic heterocycles. The lowest BCUT2D eigenvalue weighted by Crippen LogP contribution is -2.25. The number of aliphatic hydroxyl groups excluding tert-OH is 1. The average molecular weight is 237 g/mol. The predicted molar refractivity (Wildman–Crippen MR) is 65.5 cm³/mol. The van der Waals surface area contributed by atoms with Gasteiger partial charge in [-0.1, -0.05) is 11.8 Å². The highest BCUT2D eigenvalue weighted by atomic mass is 32.1. The van der Waals surface area contributed by atoms with Crippen LogP contribution in [0.5, 0.6) is 0 Å². The Morgan fingerprint density at radius 2 is 2.38 bits per heavy atom. The van der Waals surface area contributed by atoms with E-state index in [-0.39, 0.29) is 12.5 Å². The molecule has 0 fully saturated rings. The second kappa shape index (κ2) is 6.31. The molecule has 0 bridgehead atoms. The van der Waals surface area contributed by atoms with Crippen LogP contribution in [-0.4, -0.2) is 36.1 Å². The van der Waals surface area contributed by atoms with E-state index < -0.39 is 0 Å². The molecule has 1 amide bonds. The fraction of sp³-hybridized carbons (Fsp3) is 0.417. The molecule has 1 aromatic heterocycles. The highest BCUT2D eigenvalue weighted by molar-refractivity contribution is 7.12. The summed E-state index contributed by atoms with van der Waals surface area (Å²) >= 11 is 1.40. The standard InChI is InChI=1S/C12H15NO2S/c1-3-13(2)12(15)11-10(7-9-16-11)6-4-5-8-14/h7,9,14H,3,5,8H2,1-2H3. The molecule has 86 valence electrons. The highest BCUT2D eigenvalue weighted by Gasteiger charge is 2.14. The molecule has 0 radical (unpaired) electrons. The Labute approximate surface area is 99.7 Å². The van der Waals surface area contributed by atoms with E-state index in [0.29, 0.717) is 17.8 Å². The van der Waals surface area contributed by atoms with Crippen molar-refractivity contribution >= 4 is 17.2 Å². The smallest absolute Gasteiger partial charge is 0.264 e. The number of carbonyl (C=O) groups excluding carboxylic acids is 1. The van der Waals surface area contributed by atoms with Crippen LogP contribution in [0.15, 0.2) is 11.4 Å². The molecule has 1 heterocycles. The number of amides is 1. The van der Waals surface area contributed by atoms with Crippen LogP contribution in [0.2, 0.25) is 0 Å². The zero-order valence-corrected chi connectivity index (χ0v) is 10.3. The summed E-state index contributed by atoms with van der Waals surface area (Å²) < 4.78 is 0. The molecule has 0 aliphatic carbocycles. The fourth-order valence-corrected chi connectivity index (χ4v) is 1.95. The zero-order chi connectivity index (χ0) is 12.0. The third-order valence-electron chi connectivity index (χ3n) is 2.14. The normalized spacial score (nSPS) is 9.44. The van der Waals surface area contributed by atoms with Crippen molar-refractivity contribution in [2.24, 2.45) is 0 Å². The van der Waals surface area contributed by atoms with Gasteiger partial charge in [0, 0.05) is 25.6 Å². The van der Waals surface area contributed by atoms with E-state index in [0.717, 1.165) is 5.56 Å². The first kappa shape index (κ1) is 12.8. The van der Waals surface area contributed by atoms with Gasteiger partial charge in [0.25, 0.3) is 5.91 Å². The van der Waals surface area contributed by atoms with Crippen LogP contribution in [0, 0.1) is 11.8 Å². The monoisotopic (exact) mass is 237 g/mol. The first-order valence-corrected chi connectivity index (χ1v) is 6.01. The van der Waals surface area contributed by atoms with Crippen molar-refractivity contribution in [1.82, 2.24) is 4.90 Å². The Bertz CT molecular complexity index is 414. The zero-order valence-electron chi connectivity index (χ0n) is 9.49. The molecule has 0 unspecified atom stereocenters. The Morgan fingerprint density at radius 3 is 3.00 bits per heavy atom. The van der Waals surface area contributed by atoms with Crippen molar-refractivity contribution in [2.45, 2.75) is 13.3 Å². The Balaban J connectivity index is 2.87. The molecular weight excluding hydrogens is 222 g/mol. The molecular formula is C12H15NO2S. The summed E-state index contributed by atoms with van der Waals surface area (Å²) in [5.74, 6) is 5.74. The summed E-state index contributed by atoms with van der Waals surface area (Å²) in [6.45, 7) is 2.66. The van der Waals surface area contributed by atoms with Gasteiger partial charge in [0.2, 0.25) is 0 Å². The van der Waals surface area contributed by atoms with Crippen molar-refractivity contribution in [2.75, 3.05) is 20.2 Å². The lowest BCUT2D eigenvalue weighted by atomic mass is 10.2. The van der Waals surface area contributed by atoms with Crippen molar-refractivity contribution in [1.29, 1.82) is 0 Å². The summed E-state index contributed by atoms with van der Waals surface area (Å²) in [6, 6.07) is 1.84. The van der Waals surface area contributed by atoms with Crippen LogP contribution in [0.1, 0.15) is 28.6 Å². The lowest BCUT2D eigenvalue weighted by Gasteiger charge is -2.13. The van der Waals surface area contributed by atoms with E-state index in [1.54, 1.807) is 11.9 Å². The van der Waals surface area contributed by atoms with E-state index in [1.807, 2.05) is 18.4 Å². The third-order valence-corrected chi connectivity index (χ3v) is 3.04. The molecule has 0 aromatic carbocycles. The summed E-state index contributed by atoms with van der Waals surface area (Å²) in [6.07, 6.45) is 0.438. The molecule has 0 aliphatic rings. The number of nitrogens with zero attached hydrogens (tertiary/aromatic N) is 1. The minimum atomic E-state index is 0.00537. The van der Waals surface area contributed by atoms with Crippen LogP contribution < -0.4 is 0 Å². The molecule has 1 rings (SSSR count). The highest BCUT2D eigenvalue weighted by Crippen LogP contribution is 2.17.